The molecule has 2 aromatic rings. The highest BCUT2D eigenvalue weighted by atomic mass is 16.3. The van der Waals surface area contributed by atoms with Gasteiger partial charge in [0.05, 0.1) is 6.61 Å². The number of carbonyl (C=O) groups is 1. The van der Waals surface area contributed by atoms with E-state index < -0.39 is 6.04 Å². The molecule has 0 radical (unpaired) electrons. The number of carbonyl (C=O) groups excluding carboxylic acids is 1. The Morgan fingerprint density at radius 1 is 1.08 bits per heavy atom. The van der Waals surface area contributed by atoms with Crippen LogP contribution in [0.25, 0.3) is 0 Å². The Bertz CT molecular complexity index is 700. The third-order valence-electron chi connectivity index (χ3n) is 4.65. The van der Waals surface area contributed by atoms with Crippen molar-refractivity contribution in [2.45, 2.75) is 31.8 Å². The molecule has 126 valence electrons. The lowest BCUT2D eigenvalue weighted by molar-refractivity contribution is -0.134. The summed E-state index contributed by atoms with van der Waals surface area (Å²) in [4.78, 5) is 13.8. The summed E-state index contributed by atoms with van der Waals surface area (Å²) < 4.78 is 0. The van der Waals surface area contributed by atoms with E-state index in [1.807, 2.05) is 6.07 Å². The van der Waals surface area contributed by atoms with Crippen LogP contribution in [0.1, 0.15) is 22.3 Å². The minimum absolute atomic E-state index is 0.170. The smallest absolute Gasteiger partial charge is 0.242 e. The van der Waals surface area contributed by atoms with E-state index in [0.717, 1.165) is 19.3 Å². The molecule has 0 aromatic heterocycles. The predicted octanol–water partition coefficient (Wildman–Crippen LogP) is 1.68. The molecule has 0 bridgehead atoms. The van der Waals surface area contributed by atoms with Crippen molar-refractivity contribution in [3.63, 3.8) is 0 Å². The van der Waals surface area contributed by atoms with Gasteiger partial charge in [0.25, 0.3) is 0 Å². The van der Waals surface area contributed by atoms with Crippen LogP contribution in [0.5, 0.6) is 0 Å². The number of nitrogens with two attached hydrogens (primary N) is 1. The highest BCUT2D eigenvalue weighted by Crippen LogP contribution is 2.21. The highest BCUT2D eigenvalue weighted by molar-refractivity contribution is 5.82. The van der Waals surface area contributed by atoms with Crippen LogP contribution in [0.15, 0.2) is 48.5 Å². The predicted molar refractivity (Wildman–Crippen MR) is 94.5 cm³/mol. The van der Waals surface area contributed by atoms with E-state index in [-0.39, 0.29) is 12.5 Å². The van der Waals surface area contributed by atoms with Gasteiger partial charge < -0.3 is 15.7 Å². The minimum atomic E-state index is -0.809. The van der Waals surface area contributed by atoms with Crippen molar-refractivity contribution in [3.05, 3.63) is 70.8 Å². The van der Waals surface area contributed by atoms with E-state index in [4.69, 9.17) is 10.8 Å². The van der Waals surface area contributed by atoms with Crippen molar-refractivity contribution in [2.24, 2.45) is 5.73 Å². The van der Waals surface area contributed by atoms with Gasteiger partial charge in [-0.25, -0.2) is 0 Å². The number of fused-ring (bicyclic) bond motifs is 1. The SMILES string of the molecule is NC(CO)C(=O)N1CCc2cc(CCc3ccccc3)ccc2C1. The molecule has 1 amide bonds. The van der Waals surface area contributed by atoms with Crippen molar-refractivity contribution in [2.75, 3.05) is 13.2 Å². The van der Waals surface area contributed by atoms with E-state index in [1.165, 1.54) is 22.3 Å². The van der Waals surface area contributed by atoms with Gasteiger partial charge in [-0.15, -0.1) is 0 Å². The zero-order chi connectivity index (χ0) is 16.9. The topological polar surface area (TPSA) is 66.6 Å². The second-order valence-electron chi connectivity index (χ2n) is 6.39. The maximum Gasteiger partial charge on any atom is 0.242 e. The number of nitrogens with zero attached hydrogens (tertiary/aromatic N) is 1. The molecule has 0 saturated heterocycles. The Morgan fingerprint density at radius 3 is 2.58 bits per heavy atom. The zero-order valence-electron chi connectivity index (χ0n) is 13.8. The van der Waals surface area contributed by atoms with Crippen molar-refractivity contribution < 1.29 is 9.90 Å². The molecule has 1 atom stereocenters. The summed E-state index contributed by atoms with van der Waals surface area (Å²) in [6.45, 7) is 0.948. The molecule has 1 aliphatic rings. The first-order chi connectivity index (χ1) is 11.7. The van der Waals surface area contributed by atoms with Crippen LogP contribution in [-0.2, 0) is 30.6 Å². The maximum atomic E-state index is 12.1. The summed E-state index contributed by atoms with van der Waals surface area (Å²) in [6, 6.07) is 16.2. The lowest BCUT2D eigenvalue weighted by Gasteiger charge is -2.30. The van der Waals surface area contributed by atoms with Crippen molar-refractivity contribution >= 4 is 5.91 Å². The largest absolute Gasteiger partial charge is 0.394 e. The quantitative estimate of drug-likeness (QED) is 0.879. The Kier molecular flexibility index (Phi) is 5.28. The van der Waals surface area contributed by atoms with Crippen LogP contribution < -0.4 is 5.73 Å². The average molecular weight is 324 g/mol. The van der Waals surface area contributed by atoms with Crippen LogP contribution in [0, 0.1) is 0 Å². The van der Waals surface area contributed by atoms with E-state index in [0.29, 0.717) is 13.1 Å². The van der Waals surface area contributed by atoms with Gasteiger partial charge in [-0.3, -0.25) is 4.79 Å². The van der Waals surface area contributed by atoms with Gasteiger partial charge in [-0.1, -0.05) is 48.5 Å². The summed E-state index contributed by atoms with van der Waals surface area (Å²) in [5.74, 6) is -0.170. The molecule has 1 heterocycles. The normalized spacial score (nSPS) is 15.0. The van der Waals surface area contributed by atoms with E-state index in [2.05, 4.69) is 42.5 Å². The molecule has 4 heteroatoms. The number of amides is 1. The molecule has 0 spiro atoms. The summed E-state index contributed by atoms with van der Waals surface area (Å²) in [5.41, 5.74) is 10.8. The fourth-order valence-electron chi connectivity index (χ4n) is 3.20. The lowest BCUT2D eigenvalue weighted by Crippen LogP contribution is -2.47. The standard InChI is InChI=1S/C20H24N2O2/c21-19(14-23)20(24)22-11-10-17-12-16(8-9-18(17)13-22)7-6-15-4-2-1-3-5-15/h1-5,8-9,12,19,23H,6-7,10-11,13-14,21H2. The third-order valence-corrected chi connectivity index (χ3v) is 4.65. The molecule has 4 nitrogen and oxygen atoms in total. The first-order valence-corrected chi connectivity index (χ1v) is 8.47. The van der Waals surface area contributed by atoms with Crippen LogP contribution in [-0.4, -0.2) is 35.1 Å². The average Bonchev–Trinajstić information content (AvgIpc) is 2.65. The summed E-state index contributed by atoms with van der Waals surface area (Å²) in [7, 11) is 0. The van der Waals surface area contributed by atoms with E-state index >= 15 is 0 Å². The van der Waals surface area contributed by atoms with Gasteiger partial charge in [0, 0.05) is 13.1 Å². The first kappa shape index (κ1) is 16.7. The van der Waals surface area contributed by atoms with Crippen molar-refractivity contribution in [3.8, 4) is 0 Å². The maximum absolute atomic E-state index is 12.1. The van der Waals surface area contributed by atoms with Crippen molar-refractivity contribution in [1.29, 1.82) is 0 Å². The molecule has 0 aliphatic carbocycles. The highest BCUT2D eigenvalue weighted by Gasteiger charge is 2.24. The monoisotopic (exact) mass is 324 g/mol. The second kappa shape index (κ2) is 7.60. The second-order valence-corrected chi connectivity index (χ2v) is 6.39. The number of hydrogen-bond donors (Lipinski definition) is 2. The molecule has 0 fully saturated rings. The molecule has 0 saturated carbocycles. The summed E-state index contributed by atoms with van der Waals surface area (Å²) in [6.07, 6.45) is 2.91. The number of aliphatic hydroxyl groups excluding tert-OH is 1. The Morgan fingerprint density at radius 2 is 1.83 bits per heavy atom. The molecule has 1 unspecified atom stereocenters. The Balaban J connectivity index is 1.64. The Hall–Kier alpha value is -2.17. The van der Waals surface area contributed by atoms with Gasteiger partial charge in [0.2, 0.25) is 5.91 Å². The molecular formula is C20H24N2O2. The van der Waals surface area contributed by atoms with Crippen LogP contribution in [0.3, 0.4) is 0 Å². The number of aliphatic hydroxyl groups is 1. The summed E-state index contributed by atoms with van der Waals surface area (Å²) in [5, 5.41) is 9.05. The van der Waals surface area contributed by atoms with Crippen LogP contribution in [0.2, 0.25) is 0 Å². The van der Waals surface area contributed by atoms with Crippen molar-refractivity contribution in [1.82, 2.24) is 4.90 Å². The van der Waals surface area contributed by atoms with E-state index in [1.54, 1.807) is 4.90 Å². The van der Waals surface area contributed by atoms with Gasteiger partial charge in [0.15, 0.2) is 0 Å². The third kappa shape index (κ3) is 3.83. The zero-order valence-corrected chi connectivity index (χ0v) is 13.8. The molecule has 1 aliphatic heterocycles. The fraction of sp³-hybridized carbons (Fsp3) is 0.350. The fourth-order valence-corrected chi connectivity index (χ4v) is 3.20. The Labute approximate surface area is 142 Å². The molecule has 3 N–H and O–H groups in total. The molecule has 2 aromatic carbocycles. The first-order valence-electron chi connectivity index (χ1n) is 8.47. The van der Waals surface area contributed by atoms with Gasteiger partial charge in [0.1, 0.15) is 6.04 Å². The molecule has 24 heavy (non-hydrogen) atoms. The van der Waals surface area contributed by atoms with Gasteiger partial charge in [-0.2, -0.15) is 0 Å². The molecular weight excluding hydrogens is 300 g/mol. The number of hydrogen-bond acceptors (Lipinski definition) is 3. The number of rotatable bonds is 5. The number of aryl methyl sites for hydroxylation is 2. The number of benzene rings is 2. The summed E-state index contributed by atoms with van der Waals surface area (Å²) >= 11 is 0. The van der Waals surface area contributed by atoms with Crippen LogP contribution >= 0.6 is 0 Å². The lowest BCUT2D eigenvalue weighted by atomic mass is 9.94. The van der Waals surface area contributed by atoms with Crippen LogP contribution in [0.4, 0.5) is 0 Å². The van der Waals surface area contributed by atoms with E-state index in [9.17, 15) is 4.79 Å². The molecule has 3 rings (SSSR count). The minimum Gasteiger partial charge on any atom is -0.394 e. The van der Waals surface area contributed by atoms with Gasteiger partial charge in [-0.05, 0) is 41.5 Å². The van der Waals surface area contributed by atoms with Gasteiger partial charge >= 0.3 is 0 Å².